The Hall–Kier alpha value is -0.170. The first-order valence-electron chi connectivity index (χ1n) is 10.9. The van der Waals surface area contributed by atoms with Crippen molar-refractivity contribution in [1.29, 1.82) is 0 Å². The van der Waals surface area contributed by atoms with Crippen LogP contribution in [0.25, 0.3) is 0 Å². The van der Waals surface area contributed by atoms with E-state index in [1.807, 2.05) is 6.66 Å². The van der Waals surface area contributed by atoms with Crippen LogP contribution in [0.1, 0.15) is 92.7 Å². The van der Waals surface area contributed by atoms with E-state index in [1.165, 1.54) is 89.9 Å². The molecule has 0 aliphatic heterocycles. The minimum atomic E-state index is -0.772. The summed E-state index contributed by atoms with van der Waals surface area (Å²) < 4.78 is 3.90. The van der Waals surface area contributed by atoms with E-state index in [2.05, 4.69) is 24.3 Å². The van der Waals surface area contributed by atoms with Crippen LogP contribution in [0.2, 0.25) is 0 Å². The third-order valence-corrected chi connectivity index (χ3v) is 12.8. The Morgan fingerprint density at radius 3 is 1.56 bits per heavy atom. The normalized spacial score (nSPS) is 25.4. The first kappa shape index (κ1) is 18.2. The second-order valence-corrected chi connectivity index (χ2v) is 14.0. The van der Waals surface area contributed by atoms with Gasteiger partial charge in [0.25, 0.3) is 0 Å². The van der Waals surface area contributed by atoms with E-state index in [1.54, 1.807) is 11.1 Å². The number of allylic oxidation sites excluding steroid dienone is 8. The van der Waals surface area contributed by atoms with Crippen LogP contribution in [0.3, 0.4) is 0 Å². The van der Waals surface area contributed by atoms with Crippen molar-refractivity contribution in [2.75, 3.05) is 0 Å². The first-order valence-corrected chi connectivity index (χ1v) is 14.5. The van der Waals surface area contributed by atoms with Gasteiger partial charge in [-0.2, -0.15) is 0 Å². The van der Waals surface area contributed by atoms with Gasteiger partial charge in [0, 0.05) is 0 Å². The van der Waals surface area contributed by atoms with Crippen LogP contribution < -0.4 is 0 Å². The summed E-state index contributed by atoms with van der Waals surface area (Å²) >= 11 is -0.772. The molecule has 2 fully saturated rings. The molecule has 0 aromatic rings. The van der Waals surface area contributed by atoms with E-state index in [0.717, 1.165) is 11.8 Å². The fourth-order valence-corrected chi connectivity index (χ4v) is 10.7. The average molecular weight is 503 g/mol. The molecule has 0 aromatic heterocycles. The maximum absolute atomic E-state index is 2.51. The van der Waals surface area contributed by atoms with Gasteiger partial charge in [0.1, 0.15) is 0 Å². The zero-order valence-electron chi connectivity index (χ0n) is 17.9. The van der Waals surface area contributed by atoms with Gasteiger partial charge in [-0.25, -0.2) is 0 Å². The summed E-state index contributed by atoms with van der Waals surface area (Å²) in [5.41, 5.74) is 3.60. The SMILES string of the molecule is C1=CC(CC2CCCCC2)=[C]([Hf][C]2=C(CC3CCCCC3)C=CC2)C1.[H-].[H-]. The van der Waals surface area contributed by atoms with Crippen molar-refractivity contribution in [2.45, 2.75) is 89.9 Å². The Balaban J connectivity index is 0.00000131. The average Bonchev–Trinajstić information content (AvgIpc) is 3.27. The molecule has 0 nitrogen and oxygen atoms in total. The Morgan fingerprint density at radius 1 is 0.680 bits per heavy atom. The molecule has 0 radical (unpaired) electrons. The third-order valence-electron chi connectivity index (χ3n) is 6.83. The molecule has 4 aliphatic carbocycles. The van der Waals surface area contributed by atoms with Gasteiger partial charge in [0.15, 0.2) is 0 Å². The Morgan fingerprint density at radius 2 is 1.12 bits per heavy atom. The molecule has 4 rings (SSSR count). The van der Waals surface area contributed by atoms with Crippen LogP contribution in [0, 0.1) is 11.8 Å². The van der Waals surface area contributed by atoms with Gasteiger partial charge < -0.3 is 2.85 Å². The maximum atomic E-state index is 2.51. The molecule has 0 aromatic carbocycles. The number of hydrogen-bond acceptors (Lipinski definition) is 0. The van der Waals surface area contributed by atoms with Crippen LogP contribution in [0.5, 0.6) is 0 Å². The minimum absolute atomic E-state index is 0. The van der Waals surface area contributed by atoms with E-state index < -0.39 is 22.9 Å². The monoisotopic (exact) mass is 504 g/mol. The van der Waals surface area contributed by atoms with Crippen molar-refractivity contribution >= 4 is 0 Å². The van der Waals surface area contributed by atoms with Crippen LogP contribution >= 0.6 is 0 Å². The summed E-state index contributed by atoms with van der Waals surface area (Å²) in [5.74, 6) is 2.00. The van der Waals surface area contributed by atoms with E-state index >= 15 is 0 Å². The molecule has 0 atom stereocenters. The molecule has 0 unspecified atom stereocenters. The van der Waals surface area contributed by atoms with E-state index in [9.17, 15) is 0 Å². The molecule has 0 amide bonds. The van der Waals surface area contributed by atoms with E-state index in [4.69, 9.17) is 0 Å². The summed E-state index contributed by atoms with van der Waals surface area (Å²) in [6.07, 6.45) is 30.3. The molecule has 0 bridgehead atoms. The first-order chi connectivity index (χ1) is 12.4. The maximum Gasteiger partial charge on any atom is -1.00 e. The standard InChI is InChI=1S/2C12H17.Hf.2H/c2*1-2-6-11(7-3-1)10-12-8-4-5-9-12;;;/h2*4,8,11H,1-3,5-7,10H2;;;/q;;;2*-1. The van der Waals surface area contributed by atoms with Gasteiger partial charge in [0.2, 0.25) is 0 Å². The fraction of sp³-hybridized carbons (Fsp3) is 0.667. The summed E-state index contributed by atoms with van der Waals surface area (Å²) in [6.45, 7) is 0. The van der Waals surface area contributed by atoms with Gasteiger partial charge in [-0.05, 0) is 0 Å². The number of rotatable bonds is 6. The fourth-order valence-electron chi connectivity index (χ4n) is 5.33. The van der Waals surface area contributed by atoms with Crippen LogP contribution in [0.4, 0.5) is 0 Å². The second-order valence-electron chi connectivity index (χ2n) is 8.76. The molecule has 138 valence electrons. The zero-order chi connectivity index (χ0) is 16.9. The van der Waals surface area contributed by atoms with Crippen LogP contribution in [0.15, 0.2) is 42.1 Å². The Kier molecular flexibility index (Phi) is 6.67. The molecule has 0 heterocycles. The van der Waals surface area contributed by atoms with Gasteiger partial charge in [0.05, 0.1) is 0 Å². The summed E-state index contributed by atoms with van der Waals surface area (Å²) in [6, 6.07) is 0. The van der Waals surface area contributed by atoms with Crippen molar-refractivity contribution in [2.24, 2.45) is 11.8 Å². The predicted molar refractivity (Wildman–Crippen MR) is 106 cm³/mol. The quantitative estimate of drug-likeness (QED) is 0.327. The smallest absolute Gasteiger partial charge is 1.00 e. The van der Waals surface area contributed by atoms with Crippen molar-refractivity contribution in [1.82, 2.24) is 0 Å². The minimum Gasteiger partial charge on any atom is -1.00 e. The van der Waals surface area contributed by atoms with Gasteiger partial charge in [-0.3, -0.25) is 0 Å². The van der Waals surface area contributed by atoms with Gasteiger partial charge >= 0.3 is 167 Å². The van der Waals surface area contributed by atoms with Gasteiger partial charge in [-0.1, -0.05) is 0 Å². The van der Waals surface area contributed by atoms with Crippen molar-refractivity contribution in [3.8, 4) is 0 Å². The predicted octanol–water partition coefficient (Wildman–Crippen LogP) is 7.66. The van der Waals surface area contributed by atoms with Crippen molar-refractivity contribution in [3.63, 3.8) is 0 Å². The zero-order valence-corrected chi connectivity index (χ0v) is 19.5. The molecule has 0 spiro atoms. The summed E-state index contributed by atoms with van der Waals surface area (Å²) in [7, 11) is 0. The largest absolute Gasteiger partial charge is 1.00 e. The second kappa shape index (κ2) is 9.16. The molecule has 1 heteroatoms. The molecule has 25 heavy (non-hydrogen) atoms. The number of hydrogen-bond donors (Lipinski definition) is 0. The van der Waals surface area contributed by atoms with Gasteiger partial charge in [-0.15, -0.1) is 0 Å². The third kappa shape index (κ3) is 4.96. The molecule has 2 saturated carbocycles. The van der Waals surface area contributed by atoms with Crippen LogP contribution in [-0.4, -0.2) is 0 Å². The molecule has 0 saturated heterocycles. The molecule has 4 aliphatic rings. The molecule has 0 N–H and O–H groups in total. The molecular weight excluding hydrogens is 467 g/mol. The molecular formula is C24H36Hf-2. The van der Waals surface area contributed by atoms with E-state index in [0.29, 0.717) is 0 Å². The van der Waals surface area contributed by atoms with Crippen LogP contribution in [-0.2, 0) is 22.9 Å². The Bertz CT molecular complexity index is 536. The summed E-state index contributed by atoms with van der Waals surface area (Å²) in [5, 5.41) is 0. The van der Waals surface area contributed by atoms with Crippen molar-refractivity contribution in [3.05, 3.63) is 42.1 Å². The Labute approximate surface area is 169 Å². The van der Waals surface area contributed by atoms with Crippen molar-refractivity contribution < 1.29 is 25.8 Å². The van der Waals surface area contributed by atoms with E-state index in [-0.39, 0.29) is 2.85 Å². The summed E-state index contributed by atoms with van der Waals surface area (Å²) in [4.78, 5) is 0. The topological polar surface area (TPSA) is 0 Å².